The second-order valence-corrected chi connectivity index (χ2v) is 5.58. The van der Waals surface area contributed by atoms with Gasteiger partial charge in [-0.1, -0.05) is 17.7 Å². The lowest BCUT2D eigenvalue weighted by molar-refractivity contribution is 0.448. The van der Waals surface area contributed by atoms with Gasteiger partial charge in [-0.3, -0.25) is 4.57 Å². The van der Waals surface area contributed by atoms with E-state index in [4.69, 9.17) is 0 Å². The molecule has 4 rings (SSSR count). The predicted octanol–water partition coefficient (Wildman–Crippen LogP) is 4.14. The second kappa shape index (κ2) is 4.16. The summed E-state index contributed by atoms with van der Waals surface area (Å²) >= 11 is 0. The number of rotatable bonds is 1. The van der Waals surface area contributed by atoms with Crippen LogP contribution in [0.3, 0.4) is 0 Å². The van der Waals surface area contributed by atoms with Crippen molar-refractivity contribution < 1.29 is 5.11 Å². The van der Waals surface area contributed by atoms with E-state index >= 15 is 0 Å². The Labute approximate surface area is 122 Å². The van der Waals surface area contributed by atoms with Gasteiger partial charge in [0.05, 0.1) is 5.69 Å². The van der Waals surface area contributed by atoms with Crippen LogP contribution in [-0.2, 0) is 7.05 Å². The Bertz CT molecular complexity index is 976. The summed E-state index contributed by atoms with van der Waals surface area (Å²) in [7, 11) is 2.03. The zero-order valence-corrected chi connectivity index (χ0v) is 12.0. The number of aromatic hydroxyl groups is 1. The van der Waals surface area contributed by atoms with Gasteiger partial charge in [0, 0.05) is 35.7 Å². The summed E-state index contributed by atoms with van der Waals surface area (Å²) < 4.78 is 3.93. The first kappa shape index (κ1) is 12.1. The molecule has 0 saturated heterocycles. The molecule has 0 saturated carbocycles. The van der Waals surface area contributed by atoms with E-state index in [2.05, 4.69) is 35.8 Å². The van der Waals surface area contributed by atoms with Gasteiger partial charge in [-0.15, -0.1) is 0 Å². The topological polar surface area (TPSA) is 30.1 Å². The van der Waals surface area contributed by atoms with Gasteiger partial charge in [0.25, 0.3) is 0 Å². The van der Waals surface area contributed by atoms with Gasteiger partial charge in [0.2, 0.25) is 5.88 Å². The van der Waals surface area contributed by atoms with Crippen LogP contribution in [0.25, 0.3) is 27.4 Å². The quantitative estimate of drug-likeness (QED) is 0.556. The number of fused-ring (bicyclic) bond motifs is 2. The van der Waals surface area contributed by atoms with Crippen molar-refractivity contribution >= 4 is 21.7 Å². The molecule has 2 heterocycles. The normalized spacial score (nSPS) is 11.5. The van der Waals surface area contributed by atoms with Crippen molar-refractivity contribution in [1.29, 1.82) is 0 Å². The number of aryl methyl sites for hydroxylation is 2. The fraction of sp³-hybridized carbons (Fsp3) is 0.111. The number of aromatic nitrogens is 2. The molecule has 2 aromatic carbocycles. The van der Waals surface area contributed by atoms with Crippen molar-refractivity contribution in [2.75, 3.05) is 0 Å². The van der Waals surface area contributed by atoms with Crippen LogP contribution < -0.4 is 0 Å². The van der Waals surface area contributed by atoms with Crippen molar-refractivity contribution in [3.05, 3.63) is 60.4 Å². The highest BCUT2D eigenvalue weighted by Gasteiger charge is 2.10. The Hall–Kier alpha value is -2.68. The molecule has 3 nitrogen and oxygen atoms in total. The number of hydrogen-bond acceptors (Lipinski definition) is 1. The summed E-state index contributed by atoms with van der Waals surface area (Å²) in [5, 5.41) is 13.6. The third kappa shape index (κ3) is 1.74. The van der Waals surface area contributed by atoms with Crippen molar-refractivity contribution in [2.45, 2.75) is 6.92 Å². The van der Waals surface area contributed by atoms with Crippen LogP contribution in [0.15, 0.2) is 54.9 Å². The Morgan fingerprint density at radius 3 is 2.67 bits per heavy atom. The lowest BCUT2D eigenvalue weighted by atomic mass is 10.1. The average molecular weight is 276 g/mol. The summed E-state index contributed by atoms with van der Waals surface area (Å²) in [6, 6.07) is 14.4. The molecule has 0 unspecified atom stereocenters. The van der Waals surface area contributed by atoms with Crippen LogP contribution in [0.2, 0.25) is 0 Å². The highest BCUT2D eigenvalue weighted by Crippen LogP contribution is 2.31. The van der Waals surface area contributed by atoms with Gasteiger partial charge in [-0.25, -0.2) is 0 Å². The standard InChI is InChI=1S/C18H16N2O/c1-12-3-6-16-14(9-12)11-20(18(16)21)15-5-4-13-7-8-19(2)17(13)10-15/h3-11,21H,1-2H3. The van der Waals surface area contributed by atoms with Crippen molar-refractivity contribution in [3.8, 4) is 11.6 Å². The van der Waals surface area contributed by atoms with E-state index in [1.54, 1.807) is 0 Å². The molecule has 104 valence electrons. The van der Waals surface area contributed by atoms with Crippen LogP contribution in [-0.4, -0.2) is 14.2 Å². The Kier molecular flexibility index (Phi) is 2.39. The molecule has 2 aromatic heterocycles. The highest BCUT2D eigenvalue weighted by atomic mass is 16.3. The molecule has 0 radical (unpaired) electrons. The van der Waals surface area contributed by atoms with Crippen LogP contribution in [0, 0.1) is 6.92 Å². The molecule has 1 N–H and O–H groups in total. The van der Waals surface area contributed by atoms with E-state index in [9.17, 15) is 5.11 Å². The highest BCUT2D eigenvalue weighted by molar-refractivity contribution is 5.90. The first-order valence-electron chi connectivity index (χ1n) is 6.99. The molecule has 0 aliphatic heterocycles. The molecular formula is C18H16N2O. The van der Waals surface area contributed by atoms with E-state index in [-0.39, 0.29) is 0 Å². The molecule has 0 atom stereocenters. The largest absolute Gasteiger partial charge is 0.494 e. The lowest BCUT2D eigenvalue weighted by Gasteiger charge is -2.06. The van der Waals surface area contributed by atoms with E-state index < -0.39 is 0 Å². The average Bonchev–Trinajstić information content (AvgIpc) is 3.00. The molecular weight excluding hydrogens is 260 g/mol. The second-order valence-electron chi connectivity index (χ2n) is 5.58. The SMILES string of the molecule is Cc1ccc2c(O)n(-c3ccc4ccn(C)c4c3)cc2c1. The van der Waals surface area contributed by atoms with Crippen LogP contribution in [0.1, 0.15) is 5.56 Å². The van der Waals surface area contributed by atoms with Gasteiger partial charge < -0.3 is 9.67 Å². The summed E-state index contributed by atoms with van der Waals surface area (Å²) in [5.74, 6) is 0.290. The summed E-state index contributed by atoms with van der Waals surface area (Å²) in [5.41, 5.74) is 3.31. The van der Waals surface area contributed by atoms with Gasteiger partial charge in [0.1, 0.15) is 0 Å². The van der Waals surface area contributed by atoms with Gasteiger partial charge in [-0.2, -0.15) is 0 Å². The van der Waals surface area contributed by atoms with Crippen LogP contribution in [0.4, 0.5) is 0 Å². The maximum Gasteiger partial charge on any atom is 0.203 e. The fourth-order valence-corrected chi connectivity index (χ4v) is 2.92. The first-order chi connectivity index (χ1) is 10.1. The predicted molar refractivity (Wildman–Crippen MR) is 86.2 cm³/mol. The third-order valence-electron chi connectivity index (χ3n) is 4.09. The molecule has 0 fully saturated rings. The molecule has 3 heteroatoms. The molecule has 0 spiro atoms. The lowest BCUT2D eigenvalue weighted by Crippen LogP contribution is -1.92. The van der Waals surface area contributed by atoms with Crippen molar-refractivity contribution in [3.63, 3.8) is 0 Å². The van der Waals surface area contributed by atoms with E-state index in [0.29, 0.717) is 5.88 Å². The maximum atomic E-state index is 10.5. The van der Waals surface area contributed by atoms with Gasteiger partial charge in [0.15, 0.2) is 0 Å². The van der Waals surface area contributed by atoms with Gasteiger partial charge >= 0.3 is 0 Å². The van der Waals surface area contributed by atoms with Crippen molar-refractivity contribution in [2.24, 2.45) is 7.05 Å². The van der Waals surface area contributed by atoms with E-state index in [1.807, 2.05) is 42.2 Å². The van der Waals surface area contributed by atoms with Crippen LogP contribution >= 0.6 is 0 Å². The molecule has 4 aromatic rings. The van der Waals surface area contributed by atoms with E-state index in [1.165, 1.54) is 10.9 Å². The van der Waals surface area contributed by atoms with Crippen LogP contribution in [0.5, 0.6) is 5.88 Å². The number of hydrogen-bond donors (Lipinski definition) is 1. The Morgan fingerprint density at radius 2 is 1.81 bits per heavy atom. The van der Waals surface area contributed by atoms with Crippen molar-refractivity contribution in [1.82, 2.24) is 9.13 Å². The maximum absolute atomic E-state index is 10.5. The summed E-state index contributed by atoms with van der Waals surface area (Å²) in [6.45, 7) is 2.06. The molecule has 0 aliphatic rings. The van der Waals surface area contributed by atoms with E-state index in [0.717, 1.165) is 22.0 Å². The smallest absolute Gasteiger partial charge is 0.203 e. The number of benzene rings is 2. The number of nitrogens with zero attached hydrogens (tertiary/aromatic N) is 2. The molecule has 0 bridgehead atoms. The molecule has 0 amide bonds. The minimum Gasteiger partial charge on any atom is -0.494 e. The Morgan fingerprint density at radius 1 is 0.952 bits per heavy atom. The minimum absolute atomic E-state index is 0.290. The molecule has 21 heavy (non-hydrogen) atoms. The fourth-order valence-electron chi connectivity index (χ4n) is 2.92. The first-order valence-corrected chi connectivity index (χ1v) is 6.99. The summed E-state index contributed by atoms with van der Waals surface area (Å²) in [6.07, 6.45) is 4.03. The zero-order valence-electron chi connectivity index (χ0n) is 12.0. The Balaban J connectivity index is 1.98. The minimum atomic E-state index is 0.290. The zero-order chi connectivity index (χ0) is 14.6. The van der Waals surface area contributed by atoms with Gasteiger partial charge in [-0.05, 0) is 42.6 Å². The third-order valence-corrected chi connectivity index (χ3v) is 4.09. The summed E-state index contributed by atoms with van der Waals surface area (Å²) in [4.78, 5) is 0. The molecule has 0 aliphatic carbocycles. The monoisotopic (exact) mass is 276 g/mol.